The van der Waals surface area contributed by atoms with Crippen molar-refractivity contribution in [2.45, 2.75) is 6.92 Å². The molecule has 4 nitrogen and oxygen atoms in total. The van der Waals surface area contributed by atoms with Gasteiger partial charge in [-0.15, -0.1) is 0 Å². The van der Waals surface area contributed by atoms with Gasteiger partial charge in [0.1, 0.15) is 0 Å². The van der Waals surface area contributed by atoms with Crippen molar-refractivity contribution < 1.29 is 8.42 Å². The highest BCUT2D eigenvalue weighted by Crippen LogP contribution is 2.34. The first-order valence-corrected chi connectivity index (χ1v) is 7.36. The average molecular weight is 305 g/mol. The number of hydrogen-bond donors (Lipinski definition) is 1. The molecule has 0 saturated carbocycles. The molecule has 6 heteroatoms. The minimum atomic E-state index is -3.18. The lowest BCUT2D eigenvalue weighted by Crippen LogP contribution is -2.25. The minimum absolute atomic E-state index is 0.151. The summed E-state index contributed by atoms with van der Waals surface area (Å²) in [5.74, 6) is 0.354. The second-order valence-electron chi connectivity index (χ2n) is 4.13. The zero-order chi connectivity index (χ0) is 11.9. The fraction of sp³-hybridized carbons (Fsp3) is 0.400. The molecular weight excluding hydrogens is 292 g/mol. The van der Waals surface area contributed by atoms with Gasteiger partial charge in [0.15, 0.2) is 0 Å². The zero-order valence-corrected chi connectivity index (χ0v) is 11.3. The number of hydrogen-bond acceptors (Lipinski definition) is 3. The smallest absolute Gasteiger partial charge is 0.235 e. The SMILES string of the molecule is CC1CN(c2cc(N)ccc2Br)S(=O)(=O)C1. The van der Waals surface area contributed by atoms with Crippen molar-refractivity contribution in [1.29, 1.82) is 0 Å². The lowest BCUT2D eigenvalue weighted by molar-refractivity contribution is 0.598. The highest BCUT2D eigenvalue weighted by atomic mass is 79.9. The van der Waals surface area contributed by atoms with Crippen LogP contribution >= 0.6 is 15.9 Å². The van der Waals surface area contributed by atoms with Gasteiger partial charge >= 0.3 is 0 Å². The highest BCUT2D eigenvalue weighted by Gasteiger charge is 2.34. The molecule has 1 aromatic carbocycles. The monoisotopic (exact) mass is 304 g/mol. The molecule has 0 aromatic heterocycles. The summed E-state index contributed by atoms with van der Waals surface area (Å²) in [6, 6.07) is 5.18. The van der Waals surface area contributed by atoms with Crippen LogP contribution in [0.3, 0.4) is 0 Å². The Morgan fingerprint density at radius 2 is 2.19 bits per heavy atom. The van der Waals surface area contributed by atoms with Crippen LogP contribution in [-0.4, -0.2) is 20.7 Å². The van der Waals surface area contributed by atoms with Crippen LogP contribution in [0.2, 0.25) is 0 Å². The van der Waals surface area contributed by atoms with Gasteiger partial charge < -0.3 is 5.73 Å². The maximum absolute atomic E-state index is 11.9. The molecule has 0 aliphatic carbocycles. The number of sulfonamides is 1. The summed E-state index contributed by atoms with van der Waals surface area (Å²) in [5.41, 5.74) is 6.87. The molecule has 1 heterocycles. The fourth-order valence-electron chi connectivity index (χ4n) is 1.87. The topological polar surface area (TPSA) is 63.4 Å². The maximum Gasteiger partial charge on any atom is 0.235 e. The average Bonchev–Trinajstić information content (AvgIpc) is 2.43. The predicted octanol–water partition coefficient (Wildman–Crippen LogP) is 1.82. The van der Waals surface area contributed by atoms with Crippen LogP contribution in [0.1, 0.15) is 6.92 Å². The summed E-state index contributed by atoms with van der Waals surface area (Å²) >= 11 is 3.35. The van der Waals surface area contributed by atoms with E-state index < -0.39 is 10.0 Å². The van der Waals surface area contributed by atoms with Crippen LogP contribution in [0.5, 0.6) is 0 Å². The Morgan fingerprint density at radius 3 is 2.75 bits per heavy atom. The third-order valence-electron chi connectivity index (χ3n) is 2.55. The molecule has 2 N–H and O–H groups in total. The predicted molar refractivity (Wildman–Crippen MR) is 68.9 cm³/mol. The van der Waals surface area contributed by atoms with Crippen LogP contribution in [0.4, 0.5) is 11.4 Å². The van der Waals surface area contributed by atoms with Gasteiger partial charge in [-0.25, -0.2) is 8.42 Å². The molecule has 2 rings (SSSR count). The number of nitrogens with two attached hydrogens (primary N) is 1. The normalized spacial score (nSPS) is 23.6. The fourth-order valence-corrected chi connectivity index (χ4v) is 4.38. The van der Waals surface area contributed by atoms with Gasteiger partial charge in [0, 0.05) is 16.7 Å². The molecule has 1 unspecified atom stereocenters. The molecule has 0 amide bonds. The van der Waals surface area contributed by atoms with Crippen molar-refractivity contribution in [3.63, 3.8) is 0 Å². The van der Waals surface area contributed by atoms with Gasteiger partial charge in [-0.1, -0.05) is 6.92 Å². The van der Waals surface area contributed by atoms with E-state index in [1.807, 2.05) is 6.92 Å². The van der Waals surface area contributed by atoms with Crippen LogP contribution in [-0.2, 0) is 10.0 Å². The van der Waals surface area contributed by atoms with Gasteiger partial charge in [-0.05, 0) is 40.0 Å². The van der Waals surface area contributed by atoms with Crippen molar-refractivity contribution >= 4 is 37.3 Å². The number of halogens is 1. The standard InChI is InChI=1S/C10H13BrN2O2S/c1-7-5-13(16(14,15)6-7)10-4-8(12)2-3-9(10)11/h2-4,7H,5-6,12H2,1H3. The molecule has 88 valence electrons. The zero-order valence-electron chi connectivity index (χ0n) is 8.85. The van der Waals surface area contributed by atoms with Gasteiger partial charge in [-0.2, -0.15) is 0 Å². The summed E-state index contributed by atoms with van der Waals surface area (Å²) in [6.07, 6.45) is 0. The molecule has 1 saturated heterocycles. The van der Waals surface area contributed by atoms with Gasteiger partial charge in [-0.3, -0.25) is 4.31 Å². The number of nitrogens with zero attached hydrogens (tertiary/aromatic N) is 1. The third-order valence-corrected chi connectivity index (χ3v) is 5.23. The minimum Gasteiger partial charge on any atom is -0.399 e. The van der Waals surface area contributed by atoms with E-state index in [2.05, 4.69) is 15.9 Å². The first-order valence-electron chi connectivity index (χ1n) is 4.95. The number of rotatable bonds is 1. The number of nitrogen functional groups attached to an aromatic ring is 1. The Balaban J connectivity index is 2.49. The van der Waals surface area contributed by atoms with Crippen LogP contribution < -0.4 is 10.0 Å². The summed E-state index contributed by atoms with van der Waals surface area (Å²) in [7, 11) is -3.18. The second-order valence-corrected chi connectivity index (χ2v) is 6.92. The van der Waals surface area contributed by atoms with Crippen molar-refractivity contribution in [3.8, 4) is 0 Å². The molecule has 16 heavy (non-hydrogen) atoms. The first-order chi connectivity index (χ1) is 7.40. The van der Waals surface area contributed by atoms with E-state index >= 15 is 0 Å². The van der Waals surface area contributed by atoms with Crippen molar-refractivity contribution in [1.82, 2.24) is 0 Å². The van der Waals surface area contributed by atoms with Gasteiger partial charge in [0.25, 0.3) is 0 Å². The molecule has 1 aromatic rings. The number of benzene rings is 1. The van der Waals surface area contributed by atoms with Gasteiger partial charge in [0.2, 0.25) is 10.0 Å². The van der Waals surface area contributed by atoms with Crippen LogP contribution in [0.25, 0.3) is 0 Å². The maximum atomic E-state index is 11.9. The van der Waals surface area contributed by atoms with E-state index in [4.69, 9.17) is 5.73 Å². The Hall–Kier alpha value is -0.750. The quantitative estimate of drug-likeness (QED) is 0.805. The third kappa shape index (κ3) is 2.04. The lowest BCUT2D eigenvalue weighted by Gasteiger charge is -2.19. The van der Waals surface area contributed by atoms with E-state index in [1.54, 1.807) is 18.2 Å². The molecule has 1 aliphatic heterocycles. The molecule has 0 radical (unpaired) electrons. The van der Waals surface area contributed by atoms with Gasteiger partial charge in [0.05, 0.1) is 11.4 Å². The summed E-state index contributed by atoms with van der Waals surface area (Å²) < 4.78 is 26.0. The Kier molecular flexibility index (Phi) is 2.88. The summed E-state index contributed by atoms with van der Waals surface area (Å²) in [5, 5.41) is 0. The number of anilines is 2. The van der Waals surface area contributed by atoms with E-state index in [0.29, 0.717) is 17.9 Å². The van der Waals surface area contributed by atoms with E-state index in [-0.39, 0.29) is 11.7 Å². The van der Waals surface area contributed by atoms with Crippen molar-refractivity contribution in [3.05, 3.63) is 22.7 Å². The van der Waals surface area contributed by atoms with E-state index in [0.717, 1.165) is 4.47 Å². The van der Waals surface area contributed by atoms with Crippen molar-refractivity contribution in [2.24, 2.45) is 5.92 Å². The molecule has 1 aliphatic rings. The molecule has 1 fully saturated rings. The molecular formula is C10H13BrN2O2S. The summed E-state index contributed by atoms with van der Waals surface area (Å²) in [4.78, 5) is 0. The highest BCUT2D eigenvalue weighted by molar-refractivity contribution is 9.10. The molecule has 0 bridgehead atoms. The van der Waals surface area contributed by atoms with E-state index in [1.165, 1.54) is 4.31 Å². The molecule has 0 spiro atoms. The lowest BCUT2D eigenvalue weighted by atomic mass is 10.2. The van der Waals surface area contributed by atoms with Crippen molar-refractivity contribution in [2.75, 3.05) is 22.3 Å². The Morgan fingerprint density at radius 1 is 1.50 bits per heavy atom. The Labute approximate surface area is 104 Å². The Bertz CT molecular complexity index is 516. The first kappa shape index (κ1) is 11.7. The summed E-state index contributed by atoms with van der Waals surface area (Å²) in [6.45, 7) is 2.45. The van der Waals surface area contributed by atoms with Crippen LogP contribution in [0.15, 0.2) is 22.7 Å². The second kappa shape index (κ2) is 3.92. The van der Waals surface area contributed by atoms with E-state index in [9.17, 15) is 8.42 Å². The molecule has 1 atom stereocenters. The largest absolute Gasteiger partial charge is 0.399 e. The van der Waals surface area contributed by atoms with Crippen LogP contribution in [0, 0.1) is 5.92 Å².